The van der Waals surface area contributed by atoms with Gasteiger partial charge in [-0.3, -0.25) is 5.10 Å². The number of aromatic nitrogens is 8. The maximum absolute atomic E-state index is 14.3. The van der Waals surface area contributed by atoms with Gasteiger partial charge < -0.3 is 15.6 Å². The number of aliphatic hydroxyl groups excluding tert-OH is 1. The fourth-order valence-electron chi connectivity index (χ4n) is 2.44. The Bertz CT molecular complexity index is 1080. The van der Waals surface area contributed by atoms with E-state index in [-0.39, 0.29) is 24.9 Å². The minimum absolute atomic E-state index is 0.176. The lowest BCUT2D eigenvalue weighted by atomic mass is 10.2. The van der Waals surface area contributed by atoms with E-state index in [0.29, 0.717) is 22.7 Å². The normalized spacial score (nSPS) is 12.1. The minimum atomic E-state index is -0.619. The molecule has 148 valence electrons. The van der Waals surface area contributed by atoms with Crippen LogP contribution < -0.4 is 10.5 Å². The molecule has 0 saturated carbocycles. The Hall–Kier alpha value is -3.77. The second-order valence-electron chi connectivity index (χ2n) is 6.07. The molecule has 0 aliphatic heterocycles. The summed E-state index contributed by atoms with van der Waals surface area (Å²) in [6.45, 7) is 0.0405. The molecule has 29 heavy (non-hydrogen) atoms. The van der Waals surface area contributed by atoms with E-state index in [9.17, 15) is 4.39 Å². The van der Waals surface area contributed by atoms with Crippen molar-refractivity contribution < 1.29 is 14.2 Å². The smallest absolute Gasteiger partial charge is 0.255 e. The van der Waals surface area contributed by atoms with Crippen LogP contribution in [0.4, 0.5) is 4.39 Å². The zero-order chi connectivity index (χ0) is 20.2. The van der Waals surface area contributed by atoms with Gasteiger partial charge in [0.25, 0.3) is 5.88 Å². The third kappa shape index (κ3) is 4.23. The zero-order valence-electron chi connectivity index (χ0n) is 15.0. The van der Waals surface area contributed by atoms with Gasteiger partial charge in [-0.05, 0) is 29.5 Å². The van der Waals surface area contributed by atoms with Crippen molar-refractivity contribution in [3.8, 4) is 34.4 Å². The Labute approximate surface area is 163 Å². The third-order valence-electron chi connectivity index (χ3n) is 3.88. The van der Waals surface area contributed by atoms with Crippen LogP contribution in [0.25, 0.3) is 22.8 Å². The molecule has 0 aromatic carbocycles. The van der Waals surface area contributed by atoms with Gasteiger partial charge in [-0.2, -0.15) is 9.90 Å². The van der Waals surface area contributed by atoms with Gasteiger partial charge in [0.1, 0.15) is 11.4 Å². The van der Waals surface area contributed by atoms with Crippen LogP contribution in [0, 0.1) is 5.82 Å². The van der Waals surface area contributed by atoms with E-state index in [4.69, 9.17) is 15.6 Å². The van der Waals surface area contributed by atoms with Gasteiger partial charge in [-0.1, -0.05) is 0 Å². The van der Waals surface area contributed by atoms with Crippen LogP contribution in [-0.4, -0.2) is 58.1 Å². The minimum Gasteiger partial charge on any atom is -0.435 e. The number of aliphatic hydroxyl groups is 1. The molecule has 1 unspecified atom stereocenters. The molecule has 0 bridgehead atoms. The van der Waals surface area contributed by atoms with Crippen molar-refractivity contribution in [2.75, 3.05) is 6.61 Å². The summed E-state index contributed by atoms with van der Waals surface area (Å²) in [6.07, 6.45) is 4.45. The highest BCUT2D eigenvalue weighted by Gasteiger charge is 2.12. The van der Waals surface area contributed by atoms with Gasteiger partial charge in [-0.25, -0.2) is 14.4 Å². The van der Waals surface area contributed by atoms with Gasteiger partial charge in [-0.15, -0.1) is 10.2 Å². The quantitative estimate of drug-likeness (QED) is 0.410. The van der Waals surface area contributed by atoms with Gasteiger partial charge in [0, 0.05) is 24.0 Å². The first-order valence-corrected chi connectivity index (χ1v) is 8.56. The Kier molecular flexibility index (Phi) is 5.18. The molecule has 4 aromatic rings. The van der Waals surface area contributed by atoms with Crippen molar-refractivity contribution in [1.29, 1.82) is 0 Å². The first-order chi connectivity index (χ1) is 14.1. The Balaban J connectivity index is 1.46. The van der Waals surface area contributed by atoms with Crippen molar-refractivity contribution in [1.82, 2.24) is 40.4 Å². The summed E-state index contributed by atoms with van der Waals surface area (Å²) in [4.78, 5) is 9.48. The number of nitrogens with one attached hydrogen (secondary N) is 1. The summed E-state index contributed by atoms with van der Waals surface area (Å²) in [5.41, 5.74) is 7.29. The number of nitrogens with two attached hydrogens (primary N) is 1. The Morgan fingerprint density at radius 3 is 2.83 bits per heavy atom. The molecule has 11 nitrogen and oxygen atoms in total. The van der Waals surface area contributed by atoms with Crippen molar-refractivity contribution in [2.24, 2.45) is 5.73 Å². The highest BCUT2D eigenvalue weighted by atomic mass is 19.1. The van der Waals surface area contributed by atoms with Crippen LogP contribution in [-0.2, 0) is 6.54 Å². The predicted octanol–water partition coefficient (Wildman–Crippen LogP) is 0.771. The molecule has 0 amide bonds. The maximum Gasteiger partial charge on any atom is 0.255 e. The van der Waals surface area contributed by atoms with Crippen molar-refractivity contribution in [2.45, 2.75) is 12.6 Å². The largest absolute Gasteiger partial charge is 0.435 e. The van der Waals surface area contributed by atoms with Crippen molar-refractivity contribution in [3.05, 3.63) is 48.7 Å². The number of halogens is 1. The molecule has 12 heteroatoms. The highest BCUT2D eigenvalue weighted by Crippen LogP contribution is 2.26. The second-order valence-corrected chi connectivity index (χ2v) is 6.07. The summed E-state index contributed by atoms with van der Waals surface area (Å²) in [6, 6.07) is 5.73. The first kappa shape index (κ1) is 18.6. The Morgan fingerprint density at radius 1 is 1.24 bits per heavy atom. The Morgan fingerprint density at radius 2 is 2.14 bits per heavy atom. The fraction of sp³-hybridized carbons (Fsp3) is 0.176. The highest BCUT2D eigenvalue weighted by molar-refractivity contribution is 5.58. The van der Waals surface area contributed by atoms with E-state index in [1.165, 1.54) is 23.3 Å². The molecule has 4 aromatic heterocycles. The van der Waals surface area contributed by atoms with E-state index in [0.717, 1.165) is 0 Å². The summed E-state index contributed by atoms with van der Waals surface area (Å²) >= 11 is 0. The molecule has 4 heterocycles. The zero-order valence-corrected chi connectivity index (χ0v) is 15.0. The predicted molar refractivity (Wildman–Crippen MR) is 98.0 cm³/mol. The number of rotatable bonds is 7. The number of hydrogen-bond acceptors (Lipinski definition) is 9. The van der Waals surface area contributed by atoms with E-state index >= 15 is 0 Å². The average Bonchev–Trinajstić information content (AvgIpc) is 3.42. The average molecular weight is 397 g/mol. The van der Waals surface area contributed by atoms with Crippen molar-refractivity contribution >= 4 is 0 Å². The molecule has 0 spiro atoms. The number of aromatic amines is 1. The summed E-state index contributed by atoms with van der Waals surface area (Å²) in [7, 11) is 0. The number of nitrogens with zero attached hydrogens (tertiary/aromatic N) is 7. The van der Waals surface area contributed by atoms with E-state index in [1.54, 1.807) is 24.4 Å². The summed E-state index contributed by atoms with van der Waals surface area (Å²) in [5.74, 6) is -0.213. The first-order valence-electron chi connectivity index (χ1n) is 8.56. The molecule has 0 aliphatic carbocycles. The molecule has 0 saturated heterocycles. The van der Waals surface area contributed by atoms with Crippen LogP contribution >= 0.6 is 0 Å². The van der Waals surface area contributed by atoms with Gasteiger partial charge in [0.05, 0.1) is 25.0 Å². The third-order valence-corrected chi connectivity index (χ3v) is 3.88. The molecule has 4 rings (SSSR count). The van der Waals surface area contributed by atoms with Crippen LogP contribution in [0.1, 0.15) is 0 Å². The van der Waals surface area contributed by atoms with Gasteiger partial charge in [0.2, 0.25) is 5.82 Å². The van der Waals surface area contributed by atoms with E-state index in [1.807, 2.05) is 0 Å². The lowest BCUT2D eigenvalue weighted by Gasteiger charge is -2.07. The second kappa shape index (κ2) is 8.08. The molecule has 0 fully saturated rings. The number of hydrogen-bond donors (Lipinski definition) is 3. The van der Waals surface area contributed by atoms with Crippen LogP contribution in [0.5, 0.6) is 11.6 Å². The standard InChI is InChI=1S/C17H16FN9O2/c18-13-5-10(14-3-4-22-23-14)6-21-17(13)29-12-1-2-15(20-7-12)16-24-26-27(25-16)8-11(19)9-28/h1-7,11,28H,8-9,19H2,(H,22,23). The number of tetrazole rings is 1. The number of H-pyrrole nitrogens is 1. The molecule has 4 N–H and O–H groups in total. The molecular weight excluding hydrogens is 381 g/mol. The molecule has 0 aliphatic rings. The van der Waals surface area contributed by atoms with Gasteiger partial charge in [0.15, 0.2) is 5.82 Å². The van der Waals surface area contributed by atoms with Gasteiger partial charge >= 0.3 is 0 Å². The summed E-state index contributed by atoms with van der Waals surface area (Å²) < 4.78 is 19.8. The van der Waals surface area contributed by atoms with Crippen molar-refractivity contribution in [3.63, 3.8) is 0 Å². The van der Waals surface area contributed by atoms with Crippen LogP contribution in [0.15, 0.2) is 42.9 Å². The van der Waals surface area contributed by atoms with Crippen LogP contribution in [0.2, 0.25) is 0 Å². The number of pyridine rings is 2. The van der Waals surface area contributed by atoms with E-state index in [2.05, 4.69) is 35.6 Å². The fourth-order valence-corrected chi connectivity index (χ4v) is 2.44. The lowest BCUT2D eigenvalue weighted by Crippen LogP contribution is -2.30. The lowest BCUT2D eigenvalue weighted by molar-refractivity contribution is 0.245. The molecule has 1 atom stereocenters. The van der Waals surface area contributed by atoms with Crippen LogP contribution in [0.3, 0.4) is 0 Å². The monoisotopic (exact) mass is 397 g/mol. The maximum atomic E-state index is 14.3. The molecule has 0 radical (unpaired) electrons. The summed E-state index contributed by atoms with van der Waals surface area (Å²) in [5, 5.41) is 27.4. The van der Waals surface area contributed by atoms with E-state index < -0.39 is 11.9 Å². The molecular formula is C17H16FN9O2. The number of ether oxygens (including phenoxy) is 1. The topological polar surface area (TPSA) is 154 Å². The SMILES string of the molecule is NC(CO)Cn1nnc(-c2ccc(Oc3ncc(-c4ccn[nH]4)cc3F)cn2)n1.